The normalized spacial score (nSPS) is 16.8. The van der Waals surface area contributed by atoms with Crippen LogP contribution in [0.3, 0.4) is 0 Å². The molecule has 1 unspecified atom stereocenters. The van der Waals surface area contributed by atoms with E-state index in [0.29, 0.717) is 11.1 Å². The van der Waals surface area contributed by atoms with Gasteiger partial charge in [0.2, 0.25) is 0 Å². The van der Waals surface area contributed by atoms with Gasteiger partial charge in [0, 0.05) is 44.6 Å². The average molecular weight is 346 g/mol. The van der Waals surface area contributed by atoms with Crippen LogP contribution in [0.15, 0.2) is 42.7 Å². The molecule has 0 radical (unpaired) electrons. The molecule has 1 N–H and O–H groups in total. The number of carbonyl (C=O) groups is 1. The fourth-order valence-corrected chi connectivity index (χ4v) is 3.31. The number of anilines is 1. The lowest BCUT2D eigenvalue weighted by atomic mass is 10.1. The quantitative estimate of drug-likeness (QED) is 0.921. The van der Waals surface area contributed by atoms with Crippen LogP contribution < -0.4 is 4.90 Å². The maximum atomic E-state index is 11.2. The van der Waals surface area contributed by atoms with Crippen molar-refractivity contribution in [3.05, 3.63) is 58.9 Å². The van der Waals surface area contributed by atoms with Gasteiger partial charge in [0.15, 0.2) is 0 Å². The molecule has 1 atom stereocenters. The smallest absolute Gasteiger partial charge is 0.335 e. The van der Waals surface area contributed by atoms with Crippen LogP contribution in [0.4, 0.5) is 5.69 Å². The Labute approximate surface area is 146 Å². The van der Waals surface area contributed by atoms with Gasteiger partial charge in [-0.15, -0.1) is 0 Å². The Bertz CT molecular complexity index is 715. The SMILES string of the molecule is CC(c1cccnc1)N1CCN(c2cc(C(=O)O)ccc2Cl)CC1. The van der Waals surface area contributed by atoms with Gasteiger partial charge in [0.1, 0.15) is 0 Å². The van der Waals surface area contributed by atoms with Crippen LogP contribution in [0.2, 0.25) is 5.02 Å². The largest absolute Gasteiger partial charge is 0.478 e. The van der Waals surface area contributed by atoms with Gasteiger partial charge < -0.3 is 10.0 Å². The molecule has 126 valence electrons. The minimum Gasteiger partial charge on any atom is -0.478 e. The molecular formula is C18H20ClN3O2. The lowest BCUT2D eigenvalue weighted by Gasteiger charge is -2.39. The van der Waals surface area contributed by atoms with E-state index in [1.54, 1.807) is 18.3 Å². The highest BCUT2D eigenvalue weighted by Crippen LogP contribution is 2.29. The molecule has 1 fully saturated rings. The van der Waals surface area contributed by atoms with Crippen LogP contribution >= 0.6 is 11.6 Å². The summed E-state index contributed by atoms with van der Waals surface area (Å²) in [6.07, 6.45) is 3.69. The number of halogens is 1. The fraction of sp³-hybridized carbons (Fsp3) is 0.333. The highest BCUT2D eigenvalue weighted by molar-refractivity contribution is 6.33. The van der Waals surface area contributed by atoms with Crippen LogP contribution in [0, 0.1) is 0 Å². The van der Waals surface area contributed by atoms with Crippen molar-refractivity contribution in [1.29, 1.82) is 0 Å². The third-order valence-corrected chi connectivity index (χ3v) is 4.88. The Hall–Kier alpha value is -2.11. The average Bonchev–Trinajstić information content (AvgIpc) is 2.62. The molecule has 3 rings (SSSR count). The number of aromatic carboxylic acids is 1. The number of hydrogen-bond donors (Lipinski definition) is 1. The zero-order chi connectivity index (χ0) is 17.1. The summed E-state index contributed by atoms with van der Waals surface area (Å²) in [4.78, 5) is 19.9. The van der Waals surface area contributed by atoms with Gasteiger partial charge in [-0.05, 0) is 36.8 Å². The van der Waals surface area contributed by atoms with Crippen molar-refractivity contribution < 1.29 is 9.90 Å². The molecule has 5 nitrogen and oxygen atoms in total. The molecule has 1 aromatic carbocycles. The van der Waals surface area contributed by atoms with E-state index in [4.69, 9.17) is 16.7 Å². The highest BCUT2D eigenvalue weighted by atomic mass is 35.5. The molecule has 2 aromatic rings. The van der Waals surface area contributed by atoms with Crippen LogP contribution in [0.1, 0.15) is 28.9 Å². The summed E-state index contributed by atoms with van der Waals surface area (Å²) in [6.45, 7) is 5.60. The number of piperazine rings is 1. The predicted octanol–water partition coefficient (Wildman–Crippen LogP) is 3.32. The van der Waals surface area contributed by atoms with Gasteiger partial charge in [-0.1, -0.05) is 17.7 Å². The van der Waals surface area contributed by atoms with Crippen LogP contribution in [-0.4, -0.2) is 47.1 Å². The second-order valence-electron chi connectivity index (χ2n) is 5.96. The highest BCUT2D eigenvalue weighted by Gasteiger charge is 2.23. The summed E-state index contributed by atoms with van der Waals surface area (Å²) in [6, 6.07) is 9.21. The van der Waals surface area contributed by atoms with E-state index in [-0.39, 0.29) is 5.56 Å². The van der Waals surface area contributed by atoms with Crippen molar-refractivity contribution in [2.45, 2.75) is 13.0 Å². The number of hydrogen-bond acceptors (Lipinski definition) is 4. The number of carboxylic acids is 1. The standard InChI is InChI=1S/C18H20ClN3O2/c1-13(15-3-2-6-20-12-15)21-7-9-22(10-8-21)17-11-14(18(23)24)4-5-16(17)19/h2-6,11-13H,7-10H2,1H3,(H,23,24). The molecule has 2 heterocycles. The molecule has 1 aliphatic rings. The number of benzene rings is 1. The number of aromatic nitrogens is 1. The van der Waals surface area contributed by atoms with Gasteiger partial charge in [-0.3, -0.25) is 9.88 Å². The van der Waals surface area contributed by atoms with Crippen molar-refractivity contribution in [1.82, 2.24) is 9.88 Å². The van der Waals surface area contributed by atoms with Crippen molar-refractivity contribution in [3.63, 3.8) is 0 Å². The Morgan fingerprint density at radius 2 is 2.00 bits per heavy atom. The summed E-state index contributed by atoms with van der Waals surface area (Å²) >= 11 is 6.27. The monoisotopic (exact) mass is 345 g/mol. The molecular weight excluding hydrogens is 326 g/mol. The lowest BCUT2D eigenvalue weighted by Crippen LogP contribution is -2.47. The van der Waals surface area contributed by atoms with Gasteiger partial charge in [0.05, 0.1) is 16.3 Å². The summed E-state index contributed by atoms with van der Waals surface area (Å²) < 4.78 is 0. The first-order valence-corrected chi connectivity index (χ1v) is 8.36. The Morgan fingerprint density at radius 1 is 1.25 bits per heavy atom. The lowest BCUT2D eigenvalue weighted by molar-refractivity contribution is 0.0697. The molecule has 0 bridgehead atoms. The molecule has 0 amide bonds. The number of carboxylic acid groups (broad SMARTS) is 1. The molecule has 6 heteroatoms. The first kappa shape index (κ1) is 16.7. The fourth-order valence-electron chi connectivity index (χ4n) is 3.07. The molecule has 0 saturated carbocycles. The third kappa shape index (κ3) is 3.52. The van der Waals surface area contributed by atoms with E-state index in [0.717, 1.165) is 31.9 Å². The Morgan fingerprint density at radius 3 is 2.62 bits per heavy atom. The maximum absolute atomic E-state index is 11.2. The molecule has 1 aromatic heterocycles. The van der Waals surface area contributed by atoms with Gasteiger partial charge in [-0.2, -0.15) is 0 Å². The van der Waals surface area contributed by atoms with Crippen LogP contribution in [0.25, 0.3) is 0 Å². The van der Waals surface area contributed by atoms with E-state index in [1.807, 2.05) is 12.3 Å². The number of pyridine rings is 1. The first-order valence-electron chi connectivity index (χ1n) is 7.98. The summed E-state index contributed by atoms with van der Waals surface area (Å²) in [5.74, 6) is -0.934. The molecule has 1 saturated heterocycles. The zero-order valence-electron chi connectivity index (χ0n) is 13.5. The van der Waals surface area contributed by atoms with E-state index >= 15 is 0 Å². The van der Waals surface area contributed by atoms with Gasteiger partial charge in [0.25, 0.3) is 0 Å². The molecule has 0 aliphatic carbocycles. The third-order valence-electron chi connectivity index (χ3n) is 4.56. The molecule has 0 spiro atoms. The van der Waals surface area contributed by atoms with Crippen molar-refractivity contribution in [2.24, 2.45) is 0 Å². The van der Waals surface area contributed by atoms with E-state index < -0.39 is 5.97 Å². The summed E-state index contributed by atoms with van der Waals surface area (Å²) in [5.41, 5.74) is 2.27. The second kappa shape index (κ2) is 7.20. The first-order chi connectivity index (χ1) is 11.6. The van der Waals surface area contributed by atoms with Crippen molar-refractivity contribution in [3.8, 4) is 0 Å². The van der Waals surface area contributed by atoms with E-state index in [1.165, 1.54) is 11.6 Å². The minimum atomic E-state index is -0.934. The van der Waals surface area contributed by atoms with Crippen molar-refractivity contribution >= 4 is 23.3 Å². The summed E-state index contributed by atoms with van der Waals surface area (Å²) in [5, 5.41) is 9.76. The number of nitrogens with zero attached hydrogens (tertiary/aromatic N) is 3. The maximum Gasteiger partial charge on any atom is 0.335 e. The molecule has 1 aliphatic heterocycles. The molecule has 24 heavy (non-hydrogen) atoms. The Balaban J connectivity index is 1.69. The van der Waals surface area contributed by atoms with Gasteiger partial charge >= 0.3 is 5.97 Å². The van der Waals surface area contributed by atoms with E-state index in [9.17, 15) is 4.79 Å². The predicted molar refractivity (Wildman–Crippen MR) is 94.8 cm³/mol. The zero-order valence-corrected chi connectivity index (χ0v) is 14.3. The second-order valence-corrected chi connectivity index (χ2v) is 6.36. The van der Waals surface area contributed by atoms with Crippen molar-refractivity contribution in [2.75, 3.05) is 31.1 Å². The van der Waals surface area contributed by atoms with Gasteiger partial charge in [-0.25, -0.2) is 4.79 Å². The summed E-state index contributed by atoms with van der Waals surface area (Å²) in [7, 11) is 0. The Kier molecular flexibility index (Phi) is 5.02. The number of rotatable bonds is 4. The topological polar surface area (TPSA) is 56.7 Å². The van der Waals surface area contributed by atoms with Crippen LogP contribution in [0.5, 0.6) is 0 Å². The minimum absolute atomic E-state index is 0.264. The van der Waals surface area contributed by atoms with Crippen LogP contribution in [-0.2, 0) is 0 Å². The van der Waals surface area contributed by atoms with E-state index in [2.05, 4.69) is 27.8 Å².